The second-order valence-corrected chi connectivity index (χ2v) is 23.7. The van der Waals surface area contributed by atoms with Crippen molar-refractivity contribution in [1.82, 2.24) is 0 Å². The Morgan fingerprint density at radius 1 is 0.406 bits per heavy atom. The standard InChI is InChI=1S/C72H82N6O18/c1-7-52-56(44(3)54(75-77-73)70(90-52)94-62-60(86-41-48-31-19-11-20-32-48)57(45(4)89-64(62)68(80)82-5)92-67(79)51-37-25-14-26-38-51)93-72-66(88-43-50-35-23-13-24-36-50)61(87-42-49-33-21-12-22-34-49)63(65(96-72)69(81)83-6)95-71-55(76-78-74)59(85-40-47-29-17-10-18-30-47)58(53(8-2)91-71)84-39-46-27-15-9-16-28-46/h9-38,44-45,52-66,70-72H,7-8,39-43H2,1-6H3/t44?,45-,52?,53?,54+,55?,56+,57?,58-,59+,60-,61-,62+,63+,64?,65?,66?,70-,71-,72+/m0/s1. The minimum absolute atomic E-state index is 0.0143. The van der Waals surface area contributed by atoms with Crippen molar-refractivity contribution in [2.75, 3.05) is 14.2 Å². The summed E-state index contributed by atoms with van der Waals surface area (Å²) in [5.74, 6) is -3.23. The fraction of sp³-hybridized carbons (Fsp3) is 0.458. The predicted octanol–water partition coefficient (Wildman–Crippen LogP) is 11.4. The van der Waals surface area contributed by atoms with Crippen molar-refractivity contribution in [3.63, 3.8) is 0 Å². The molecule has 0 N–H and O–H groups in total. The van der Waals surface area contributed by atoms with Crippen molar-refractivity contribution in [2.45, 2.75) is 190 Å². The molecule has 0 aliphatic carbocycles. The van der Waals surface area contributed by atoms with Crippen LogP contribution in [0.2, 0.25) is 0 Å². The summed E-state index contributed by atoms with van der Waals surface area (Å²) in [7, 11) is 2.41. The molecule has 4 heterocycles. The highest BCUT2D eigenvalue weighted by atomic mass is 16.8. The average Bonchev–Trinajstić information content (AvgIpc) is 0.770. The fourth-order valence-corrected chi connectivity index (χ4v) is 12.5. The number of nitrogens with zero attached hydrogens (tertiary/aromatic N) is 6. The van der Waals surface area contributed by atoms with Crippen LogP contribution in [0.25, 0.3) is 20.9 Å². The van der Waals surface area contributed by atoms with Crippen LogP contribution < -0.4 is 0 Å². The largest absolute Gasteiger partial charge is 0.467 e. The van der Waals surface area contributed by atoms with Crippen molar-refractivity contribution in [3.05, 3.63) is 236 Å². The molecule has 8 unspecified atom stereocenters. The van der Waals surface area contributed by atoms with Gasteiger partial charge in [-0.2, -0.15) is 0 Å². The Kier molecular flexibility index (Phi) is 25.9. The van der Waals surface area contributed by atoms with E-state index in [1.807, 2.05) is 166 Å². The molecule has 4 aliphatic heterocycles. The molecular formula is C72H82N6O18. The van der Waals surface area contributed by atoms with Crippen molar-refractivity contribution in [2.24, 2.45) is 16.1 Å². The minimum Gasteiger partial charge on any atom is -0.467 e. The van der Waals surface area contributed by atoms with Crippen LogP contribution in [0.5, 0.6) is 0 Å². The number of carbonyl (C=O) groups is 3. The van der Waals surface area contributed by atoms with Crippen LogP contribution in [0.3, 0.4) is 0 Å². The summed E-state index contributed by atoms with van der Waals surface area (Å²) < 4.78 is 99.5. The zero-order valence-electron chi connectivity index (χ0n) is 54.3. The lowest BCUT2D eigenvalue weighted by Crippen LogP contribution is -2.67. The van der Waals surface area contributed by atoms with E-state index >= 15 is 0 Å². The van der Waals surface area contributed by atoms with Gasteiger partial charge in [0.2, 0.25) is 0 Å². The van der Waals surface area contributed by atoms with E-state index in [1.54, 1.807) is 44.2 Å². The number of hydrogen-bond donors (Lipinski definition) is 0. The molecule has 4 fully saturated rings. The predicted molar refractivity (Wildman–Crippen MR) is 345 cm³/mol. The third-order valence-electron chi connectivity index (χ3n) is 17.5. The van der Waals surface area contributed by atoms with E-state index in [0.717, 1.165) is 27.8 Å². The van der Waals surface area contributed by atoms with E-state index in [4.69, 9.17) is 71.1 Å². The normalized spacial score (nSPS) is 30.4. The number of esters is 3. The van der Waals surface area contributed by atoms with Crippen LogP contribution in [0.15, 0.2) is 192 Å². The molecule has 24 nitrogen and oxygen atoms in total. The van der Waals surface area contributed by atoms with Crippen LogP contribution in [0.4, 0.5) is 0 Å². The molecule has 20 atom stereocenters. The van der Waals surface area contributed by atoms with Gasteiger partial charge in [0.25, 0.3) is 0 Å². The highest BCUT2D eigenvalue weighted by Crippen LogP contribution is 2.42. The fourth-order valence-electron chi connectivity index (χ4n) is 12.5. The van der Waals surface area contributed by atoms with Gasteiger partial charge in [-0.15, -0.1) is 0 Å². The second-order valence-electron chi connectivity index (χ2n) is 23.7. The SMILES string of the molecule is CCC1O[C@@H](O[C@H]2C(C(=O)OC)O[C@@H](C)C(OC(=O)c3ccccc3)[C@@H]2OCc2ccccc2)[C@H](N=[N+]=[N-])C(C)[C@H]1O[C@@H]1OC(C(=O)OC)[C@H](O[C@@H]2OC(CC)[C@H](OCc3ccccc3)[C@H](OCc3ccccc3)C2N=[N+]=[N-])[C@H](OCc2ccccc2)C1OCc1ccccc1. The van der Waals surface area contributed by atoms with Crippen LogP contribution in [0.1, 0.15) is 78.7 Å². The Morgan fingerprint density at radius 2 is 0.760 bits per heavy atom. The van der Waals surface area contributed by atoms with E-state index in [0.29, 0.717) is 6.42 Å². The molecule has 0 radical (unpaired) electrons. The molecule has 0 spiro atoms. The molecule has 10 rings (SSSR count). The van der Waals surface area contributed by atoms with Crippen LogP contribution >= 0.6 is 0 Å². The Labute approximate surface area is 557 Å². The smallest absolute Gasteiger partial charge is 0.338 e. The summed E-state index contributed by atoms with van der Waals surface area (Å²) in [6, 6.07) is 53.0. The molecule has 4 saturated heterocycles. The molecule has 0 aromatic heterocycles. The molecular weight excluding hydrogens is 1240 g/mol. The lowest BCUT2D eigenvalue weighted by atomic mass is 9.87. The molecule has 0 amide bonds. The molecule has 0 saturated carbocycles. The van der Waals surface area contributed by atoms with Gasteiger partial charge in [0, 0.05) is 9.82 Å². The number of methoxy groups -OCH3 is 2. The zero-order valence-corrected chi connectivity index (χ0v) is 54.3. The number of hydrogen-bond acceptors (Lipinski definition) is 20. The summed E-state index contributed by atoms with van der Waals surface area (Å²) in [4.78, 5) is 49.2. The number of ether oxygens (including phenoxy) is 15. The summed E-state index contributed by atoms with van der Waals surface area (Å²) in [5, 5.41) is 8.59. The maximum atomic E-state index is 14.7. The highest BCUT2D eigenvalue weighted by molar-refractivity contribution is 5.89. The van der Waals surface area contributed by atoms with E-state index in [9.17, 15) is 25.4 Å². The first-order valence-corrected chi connectivity index (χ1v) is 32.3. The molecule has 6 aromatic rings. The first-order chi connectivity index (χ1) is 46.9. The van der Waals surface area contributed by atoms with Crippen LogP contribution in [-0.4, -0.2) is 149 Å². The third-order valence-corrected chi connectivity index (χ3v) is 17.5. The van der Waals surface area contributed by atoms with E-state index < -0.39 is 140 Å². The Hall–Kier alpha value is -8.13. The average molecular weight is 1320 g/mol. The van der Waals surface area contributed by atoms with Gasteiger partial charge in [-0.25, -0.2) is 14.4 Å². The van der Waals surface area contributed by atoms with Crippen LogP contribution in [-0.2, 0) is 114 Å². The summed E-state index contributed by atoms with van der Waals surface area (Å²) in [6.45, 7) is 7.38. The maximum Gasteiger partial charge on any atom is 0.338 e. The minimum atomic E-state index is -1.67. The number of benzene rings is 6. The van der Waals surface area contributed by atoms with Gasteiger partial charge in [-0.3, -0.25) is 0 Å². The summed E-state index contributed by atoms with van der Waals surface area (Å²) in [6.07, 6.45) is -20.2. The first-order valence-electron chi connectivity index (χ1n) is 32.3. The van der Waals surface area contributed by atoms with Gasteiger partial charge in [0.1, 0.15) is 48.8 Å². The Bertz CT molecular complexity index is 3470. The third kappa shape index (κ3) is 17.7. The van der Waals surface area contributed by atoms with Crippen molar-refractivity contribution in [3.8, 4) is 0 Å². The lowest BCUT2D eigenvalue weighted by Gasteiger charge is -2.51. The van der Waals surface area contributed by atoms with Gasteiger partial charge >= 0.3 is 17.9 Å². The van der Waals surface area contributed by atoms with Crippen molar-refractivity contribution < 1.29 is 85.4 Å². The van der Waals surface area contributed by atoms with E-state index in [2.05, 4.69) is 20.1 Å². The Balaban J connectivity index is 1.00. The molecule has 4 aliphatic rings. The van der Waals surface area contributed by atoms with Gasteiger partial charge in [0.15, 0.2) is 37.2 Å². The maximum absolute atomic E-state index is 14.7. The van der Waals surface area contributed by atoms with E-state index in [1.165, 1.54) is 14.2 Å². The molecule has 0 bridgehead atoms. The zero-order chi connectivity index (χ0) is 67.3. The van der Waals surface area contributed by atoms with Gasteiger partial charge < -0.3 is 71.1 Å². The lowest BCUT2D eigenvalue weighted by molar-refractivity contribution is -0.371. The number of azide groups is 2. The highest BCUT2D eigenvalue weighted by Gasteiger charge is 2.59. The van der Waals surface area contributed by atoms with Gasteiger partial charge in [-0.05, 0) is 76.7 Å². The number of carbonyl (C=O) groups excluding carboxylic acids is 3. The molecule has 24 heteroatoms. The molecule has 508 valence electrons. The number of rotatable bonds is 29. The van der Waals surface area contributed by atoms with Crippen LogP contribution in [0, 0.1) is 5.92 Å². The molecule has 6 aromatic carbocycles. The Morgan fingerprint density at radius 3 is 1.19 bits per heavy atom. The van der Waals surface area contributed by atoms with Crippen molar-refractivity contribution >= 4 is 17.9 Å². The summed E-state index contributed by atoms with van der Waals surface area (Å²) in [5.41, 5.74) is 25.1. The topological polar surface area (TPSA) is 287 Å². The monoisotopic (exact) mass is 1320 g/mol. The van der Waals surface area contributed by atoms with Gasteiger partial charge in [-0.1, -0.05) is 201 Å². The van der Waals surface area contributed by atoms with E-state index in [-0.39, 0.29) is 45.0 Å². The second kappa shape index (κ2) is 35.2. The molecule has 96 heavy (non-hydrogen) atoms. The van der Waals surface area contributed by atoms with Crippen molar-refractivity contribution in [1.29, 1.82) is 0 Å². The quantitative estimate of drug-likeness (QED) is 0.0139. The summed E-state index contributed by atoms with van der Waals surface area (Å²) >= 11 is 0. The van der Waals surface area contributed by atoms with Gasteiger partial charge in [0.05, 0.1) is 83.3 Å². The first kappa shape index (κ1) is 70.7.